The number of nitrogens with one attached hydrogen (secondary N) is 1. The zero-order valence-corrected chi connectivity index (χ0v) is 12.2. The van der Waals surface area contributed by atoms with Gasteiger partial charge in [0.25, 0.3) is 0 Å². The Bertz CT molecular complexity index is 491. The first-order chi connectivity index (χ1) is 8.27. The summed E-state index contributed by atoms with van der Waals surface area (Å²) in [5, 5.41) is 0. The smallest absolute Gasteiger partial charge is 0.244 e. The van der Waals surface area contributed by atoms with Gasteiger partial charge in [-0.2, -0.15) is 0 Å². The number of hydrogen-bond acceptors (Lipinski definition) is 4. The molecular formula is C12H22N2O3S. The normalized spacial score (nSPS) is 14.1. The van der Waals surface area contributed by atoms with Crippen LogP contribution < -0.4 is 10.5 Å². The summed E-state index contributed by atoms with van der Waals surface area (Å²) in [5.74, 6) is 1.56. The second-order valence-corrected chi connectivity index (χ2v) is 6.65. The molecule has 1 unspecified atom stereocenters. The largest absolute Gasteiger partial charge is 0.464 e. The maximum Gasteiger partial charge on any atom is 0.244 e. The van der Waals surface area contributed by atoms with Crippen molar-refractivity contribution in [3.8, 4) is 0 Å². The van der Waals surface area contributed by atoms with E-state index in [1.54, 1.807) is 6.92 Å². The third-order valence-electron chi connectivity index (χ3n) is 3.15. The Labute approximate surface area is 109 Å². The van der Waals surface area contributed by atoms with E-state index in [0.29, 0.717) is 24.0 Å². The molecule has 0 aromatic carbocycles. The van der Waals surface area contributed by atoms with Gasteiger partial charge in [-0.05, 0) is 18.8 Å². The average Bonchev–Trinajstić information content (AvgIpc) is 2.68. The third kappa shape index (κ3) is 3.57. The Morgan fingerprint density at radius 1 is 1.39 bits per heavy atom. The van der Waals surface area contributed by atoms with E-state index in [2.05, 4.69) is 18.6 Å². The van der Waals surface area contributed by atoms with Crippen LogP contribution in [-0.4, -0.2) is 15.0 Å². The molecule has 1 aromatic rings. The van der Waals surface area contributed by atoms with Gasteiger partial charge < -0.3 is 10.2 Å². The highest BCUT2D eigenvalue weighted by Crippen LogP contribution is 2.20. The van der Waals surface area contributed by atoms with Gasteiger partial charge in [0.2, 0.25) is 10.0 Å². The minimum absolute atomic E-state index is 0.180. The fourth-order valence-electron chi connectivity index (χ4n) is 1.45. The highest BCUT2D eigenvalue weighted by molar-refractivity contribution is 7.89. The maximum atomic E-state index is 12.1. The lowest BCUT2D eigenvalue weighted by molar-refractivity contribution is 0.414. The number of aryl methyl sites for hydroxylation is 1. The Kier molecular flexibility index (Phi) is 4.95. The summed E-state index contributed by atoms with van der Waals surface area (Å²) in [6.45, 7) is 8.38. The van der Waals surface area contributed by atoms with Crippen molar-refractivity contribution in [2.75, 3.05) is 6.54 Å². The maximum absolute atomic E-state index is 12.1. The van der Waals surface area contributed by atoms with E-state index in [1.807, 2.05) is 6.92 Å². The lowest BCUT2D eigenvalue weighted by atomic mass is 9.99. The molecule has 104 valence electrons. The van der Waals surface area contributed by atoms with Crippen LogP contribution in [0.5, 0.6) is 0 Å². The van der Waals surface area contributed by atoms with Gasteiger partial charge in [0.1, 0.15) is 16.4 Å². The summed E-state index contributed by atoms with van der Waals surface area (Å²) in [7, 11) is -3.51. The van der Waals surface area contributed by atoms with Crippen molar-refractivity contribution in [2.24, 2.45) is 17.6 Å². The van der Waals surface area contributed by atoms with Crippen LogP contribution in [0.2, 0.25) is 0 Å². The monoisotopic (exact) mass is 274 g/mol. The molecule has 0 aliphatic carbocycles. The molecular weight excluding hydrogens is 252 g/mol. The fourth-order valence-corrected chi connectivity index (χ4v) is 2.79. The predicted octanol–water partition coefficient (Wildman–Crippen LogP) is 1.62. The third-order valence-corrected chi connectivity index (χ3v) is 4.68. The molecule has 0 aliphatic heterocycles. The van der Waals surface area contributed by atoms with Crippen molar-refractivity contribution in [1.82, 2.24) is 4.72 Å². The molecule has 0 spiro atoms. The Balaban J connectivity index is 2.83. The predicted molar refractivity (Wildman–Crippen MR) is 70.5 cm³/mol. The van der Waals surface area contributed by atoms with E-state index in [1.165, 1.54) is 6.07 Å². The van der Waals surface area contributed by atoms with Gasteiger partial charge in [-0.25, -0.2) is 13.1 Å². The molecule has 0 saturated heterocycles. The van der Waals surface area contributed by atoms with E-state index in [0.717, 1.165) is 0 Å². The first kappa shape index (κ1) is 15.2. The molecule has 1 heterocycles. The van der Waals surface area contributed by atoms with E-state index in [4.69, 9.17) is 10.2 Å². The molecule has 6 heteroatoms. The van der Waals surface area contributed by atoms with Crippen LogP contribution in [0.15, 0.2) is 15.4 Å². The van der Waals surface area contributed by atoms with Crippen LogP contribution in [0.25, 0.3) is 0 Å². The Morgan fingerprint density at radius 3 is 2.44 bits per heavy atom. The van der Waals surface area contributed by atoms with Crippen molar-refractivity contribution in [2.45, 2.75) is 39.1 Å². The average molecular weight is 274 g/mol. The van der Waals surface area contributed by atoms with E-state index < -0.39 is 10.0 Å². The van der Waals surface area contributed by atoms with Crippen molar-refractivity contribution in [3.05, 3.63) is 17.6 Å². The van der Waals surface area contributed by atoms with Gasteiger partial charge >= 0.3 is 0 Å². The summed E-state index contributed by atoms with van der Waals surface area (Å²) >= 11 is 0. The molecule has 0 bridgehead atoms. The Hall–Kier alpha value is -0.850. The summed E-state index contributed by atoms with van der Waals surface area (Å²) in [4.78, 5) is 0.180. The highest BCUT2D eigenvalue weighted by Gasteiger charge is 2.22. The minimum atomic E-state index is -3.51. The van der Waals surface area contributed by atoms with Gasteiger partial charge in [-0.1, -0.05) is 20.8 Å². The number of hydrogen-bond donors (Lipinski definition) is 2. The molecule has 3 N–H and O–H groups in total. The summed E-state index contributed by atoms with van der Waals surface area (Å²) < 4.78 is 32.1. The number of sulfonamides is 1. The number of furan rings is 1. The molecule has 1 rings (SSSR count). The lowest BCUT2D eigenvalue weighted by Crippen LogP contribution is -2.30. The molecule has 0 aliphatic rings. The minimum Gasteiger partial charge on any atom is -0.464 e. The highest BCUT2D eigenvalue weighted by atomic mass is 32.2. The SMILES string of the molecule is Cc1oc(CN)cc1S(=O)(=O)NCC(C)C(C)C. The van der Waals surface area contributed by atoms with Crippen molar-refractivity contribution in [1.29, 1.82) is 0 Å². The number of nitrogens with two attached hydrogens (primary N) is 1. The molecule has 0 saturated carbocycles. The zero-order valence-electron chi connectivity index (χ0n) is 11.4. The standard InChI is InChI=1S/C12H22N2O3S/c1-8(2)9(3)7-14-18(15,16)12-5-11(6-13)17-10(12)4/h5,8-9,14H,6-7,13H2,1-4H3. The lowest BCUT2D eigenvalue weighted by Gasteiger charge is -2.15. The van der Waals surface area contributed by atoms with Gasteiger partial charge in [0.05, 0.1) is 6.54 Å². The molecule has 18 heavy (non-hydrogen) atoms. The first-order valence-electron chi connectivity index (χ1n) is 6.07. The van der Waals surface area contributed by atoms with Crippen molar-refractivity contribution >= 4 is 10.0 Å². The summed E-state index contributed by atoms with van der Waals surface area (Å²) in [5.41, 5.74) is 5.43. The van der Waals surface area contributed by atoms with Crippen LogP contribution in [-0.2, 0) is 16.6 Å². The second-order valence-electron chi connectivity index (χ2n) is 4.91. The fraction of sp³-hybridized carbons (Fsp3) is 0.667. The molecule has 0 amide bonds. The Morgan fingerprint density at radius 2 is 2.00 bits per heavy atom. The second kappa shape index (κ2) is 5.86. The van der Waals surface area contributed by atoms with Gasteiger partial charge in [0.15, 0.2) is 0 Å². The van der Waals surface area contributed by atoms with E-state index >= 15 is 0 Å². The van der Waals surface area contributed by atoms with Crippen molar-refractivity contribution < 1.29 is 12.8 Å². The van der Waals surface area contributed by atoms with Crippen LogP contribution in [0.4, 0.5) is 0 Å². The molecule has 1 aromatic heterocycles. The van der Waals surface area contributed by atoms with Crippen LogP contribution in [0, 0.1) is 18.8 Å². The van der Waals surface area contributed by atoms with Crippen LogP contribution in [0.3, 0.4) is 0 Å². The summed E-state index contributed by atoms with van der Waals surface area (Å²) in [6.07, 6.45) is 0. The van der Waals surface area contributed by atoms with E-state index in [-0.39, 0.29) is 17.4 Å². The molecule has 1 atom stereocenters. The quantitative estimate of drug-likeness (QED) is 0.825. The zero-order chi connectivity index (χ0) is 13.9. The topological polar surface area (TPSA) is 85.3 Å². The summed E-state index contributed by atoms with van der Waals surface area (Å²) in [6, 6.07) is 1.48. The van der Waals surface area contributed by atoms with Crippen LogP contribution in [0.1, 0.15) is 32.3 Å². The molecule has 5 nitrogen and oxygen atoms in total. The van der Waals surface area contributed by atoms with E-state index in [9.17, 15) is 8.42 Å². The molecule has 0 fully saturated rings. The van der Waals surface area contributed by atoms with Gasteiger partial charge in [0, 0.05) is 12.6 Å². The van der Waals surface area contributed by atoms with Gasteiger partial charge in [-0.15, -0.1) is 0 Å². The van der Waals surface area contributed by atoms with Crippen LogP contribution >= 0.6 is 0 Å². The first-order valence-corrected chi connectivity index (χ1v) is 7.55. The van der Waals surface area contributed by atoms with Crippen molar-refractivity contribution in [3.63, 3.8) is 0 Å². The number of rotatable bonds is 6. The molecule has 0 radical (unpaired) electrons. The van der Waals surface area contributed by atoms with Gasteiger partial charge in [-0.3, -0.25) is 0 Å².